The fraction of sp³-hybridized carbons (Fsp3) is 0.667. The zero-order chi connectivity index (χ0) is 9.52. The Labute approximate surface area is 79.4 Å². The lowest BCUT2D eigenvalue weighted by Crippen LogP contribution is -2.26. The number of nitrogens with one attached hydrogen (secondary N) is 2. The van der Waals surface area contributed by atoms with Gasteiger partial charge in [-0.1, -0.05) is 6.92 Å². The van der Waals surface area contributed by atoms with Crippen molar-refractivity contribution >= 4 is 0 Å². The van der Waals surface area contributed by atoms with Crippen molar-refractivity contribution in [1.29, 1.82) is 0 Å². The van der Waals surface area contributed by atoms with E-state index in [-0.39, 0.29) is 0 Å². The molecule has 0 unspecified atom stereocenters. The number of nitrogens with zero attached hydrogens (tertiary/aromatic N) is 2. The minimum absolute atomic E-state index is 0.853. The molecule has 0 saturated heterocycles. The summed E-state index contributed by atoms with van der Waals surface area (Å²) in [7, 11) is 1.98. The predicted molar refractivity (Wildman–Crippen MR) is 53.5 cm³/mol. The van der Waals surface area contributed by atoms with E-state index in [0.29, 0.717) is 0 Å². The van der Waals surface area contributed by atoms with Crippen molar-refractivity contribution in [3.8, 4) is 0 Å². The second-order valence-electron chi connectivity index (χ2n) is 3.06. The highest BCUT2D eigenvalue weighted by Crippen LogP contribution is 1.91. The highest BCUT2D eigenvalue weighted by molar-refractivity contribution is 4.95. The van der Waals surface area contributed by atoms with E-state index in [0.717, 1.165) is 31.9 Å². The van der Waals surface area contributed by atoms with Crippen molar-refractivity contribution in [2.75, 3.05) is 19.6 Å². The van der Waals surface area contributed by atoms with Crippen molar-refractivity contribution in [3.05, 3.63) is 18.2 Å². The van der Waals surface area contributed by atoms with E-state index in [1.807, 2.05) is 24.1 Å². The molecule has 0 radical (unpaired) electrons. The summed E-state index contributed by atoms with van der Waals surface area (Å²) in [5.41, 5.74) is 1.10. The summed E-state index contributed by atoms with van der Waals surface area (Å²) in [6.07, 6.45) is 3.85. The molecule has 4 nitrogen and oxygen atoms in total. The van der Waals surface area contributed by atoms with Gasteiger partial charge in [-0.15, -0.1) is 0 Å². The van der Waals surface area contributed by atoms with Crippen molar-refractivity contribution in [2.24, 2.45) is 7.05 Å². The van der Waals surface area contributed by atoms with Gasteiger partial charge in [-0.3, -0.25) is 0 Å². The van der Waals surface area contributed by atoms with Gasteiger partial charge in [-0.2, -0.15) is 0 Å². The molecular formula is C9H18N4. The number of hydrogen-bond acceptors (Lipinski definition) is 3. The summed E-state index contributed by atoms with van der Waals surface area (Å²) in [5.74, 6) is 0. The summed E-state index contributed by atoms with van der Waals surface area (Å²) in [5, 5.41) is 6.56. The maximum Gasteiger partial charge on any atom is 0.0947 e. The number of likely N-dealkylation sites (N-methyl/N-ethyl adjacent to an activating group) is 1. The number of hydrogen-bond donors (Lipinski definition) is 2. The summed E-state index contributed by atoms with van der Waals surface area (Å²) < 4.78 is 1.96. The van der Waals surface area contributed by atoms with Crippen molar-refractivity contribution in [3.63, 3.8) is 0 Å². The number of aromatic nitrogens is 2. The van der Waals surface area contributed by atoms with Gasteiger partial charge in [0.25, 0.3) is 0 Å². The normalized spacial score (nSPS) is 10.6. The van der Waals surface area contributed by atoms with Crippen LogP contribution in [-0.4, -0.2) is 29.2 Å². The van der Waals surface area contributed by atoms with Crippen molar-refractivity contribution < 1.29 is 0 Å². The minimum Gasteiger partial charge on any atom is -0.340 e. The standard InChI is InChI=1S/C9H18N4/c1-3-10-4-5-11-6-9-7-13(2)8-12-9/h7-8,10-11H,3-6H2,1-2H3. The van der Waals surface area contributed by atoms with E-state index in [9.17, 15) is 0 Å². The predicted octanol–water partition coefficient (Wildman–Crippen LogP) is 0.119. The molecule has 4 heteroatoms. The van der Waals surface area contributed by atoms with E-state index in [1.165, 1.54) is 0 Å². The zero-order valence-electron chi connectivity index (χ0n) is 8.38. The summed E-state index contributed by atoms with van der Waals surface area (Å²) >= 11 is 0. The van der Waals surface area contributed by atoms with Crippen LogP contribution in [0.3, 0.4) is 0 Å². The molecule has 0 aliphatic carbocycles. The number of rotatable bonds is 6. The average Bonchev–Trinajstić information content (AvgIpc) is 2.51. The zero-order valence-corrected chi connectivity index (χ0v) is 8.38. The van der Waals surface area contributed by atoms with Gasteiger partial charge in [-0.05, 0) is 6.54 Å². The SMILES string of the molecule is CCNCCNCc1cn(C)cn1. The van der Waals surface area contributed by atoms with Crippen molar-refractivity contribution in [1.82, 2.24) is 20.2 Å². The Morgan fingerprint density at radius 1 is 1.38 bits per heavy atom. The van der Waals surface area contributed by atoms with Crippen LogP contribution in [0.25, 0.3) is 0 Å². The second kappa shape index (κ2) is 5.72. The molecule has 0 spiro atoms. The van der Waals surface area contributed by atoms with Gasteiger partial charge in [0.15, 0.2) is 0 Å². The molecule has 0 bridgehead atoms. The summed E-state index contributed by atoms with van der Waals surface area (Å²) in [6, 6.07) is 0. The van der Waals surface area contributed by atoms with Crippen LogP contribution >= 0.6 is 0 Å². The van der Waals surface area contributed by atoms with Crippen LogP contribution < -0.4 is 10.6 Å². The van der Waals surface area contributed by atoms with Gasteiger partial charge >= 0.3 is 0 Å². The monoisotopic (exact) mass is 182 g/mol. The molecule has 0 atom stereocenters. The van der Waals surface area contributed by atoms with Gasteiger partial charge in [0.2, 0.25) is 0 Å². The van der Waals surface area contributed by atoms with Crippen LogP contribution in [0.1, 0.15) is 12.6 Å². The second-order valence-corrected chi connectivity index (χ2v) is 3.06. The first-order valence-corrected chi connectivity index (χ1v) is 4.71. The smallest absolute Gasteiger partial charge is 0.0947 e. The highest BCUT2D eigenvalue weighted by Gasteiger charge is 1.94. The first-order valence-electron chi connectivity index (χ1n) is 4.71. The summed E-state index contributed by atoms with van der Waals surface area (Å²) in [6.45, 7) is 6.00. The van der Waals surface area contributed by atoms with E-state index in [4.69, 9.17) is 0 Å². The molecule has 13 heavy (non-hydrogen) atoms. The molecule has 74 valence electrons. The lowest BCUT2D eigenvalue weighted by molar-refractivity contribution is 0.620. The third-order valence-electron chi connectivity index (χ3n) is 1.79. The third kappa shape index (κ3) is 4.05. The Hall–Kier alpha value is -0.870. The molecule has 0 aliphatic heterocycles. The maximum atomic E-state index is 4.21. The topological polar surface area (TPSA) is 41.9 Å². The lowest BCUT2D eigenvalue weighted by Gasteiger charge is -2.02. The number of imidazole rings is 1. The van der Waals surface area contributed by atoms with Gasteiger partial charge in [0.1, 0.15) is 0 Å². The van der Waals surface area contributed by atoms with Crippen LogP contribution in [0.15, 0.2) is 12.5 Å². The van der Waals surface area contributed by atoms with Gasteiger partial charge < -0.3 is 15.2 Å². The Kier molecular flexibility index (Phi) is 4.49. The lowest BCUT2D eigenvalue weighted by atomic mass is 10.4. The van der Waals surface area contributed by atoms with Crippen LogP contribution in [0.5, 0.6) is 0 Å². The number of aryl methyl sites for hydroxylation is 1. The fourth-order valence-corrected chi connectivity index (χ4v) is 1.13. The first kappa shape index (κ1) is 10.2. The molecule has 0 aromatic carbocycles. The summed E-state index contributed by atoms with van der Waals surface area (Å²) in [4.78, 5) is 4.21. The van der Waals surface area contributed by atoms with Crippen LogP contribution in [0.4, 0.5) is 0 Å². The van der Waals surface area contributed by atoms with E-state index < -0.39 is 0 Å². The molecule has 1 rings (SSSR count). The van der Waals surface area contributed by atoms with Crippen LogP contribution in [0.2, 0.25) is 0 Å². The molecule has 2 N–H and O–H groups in total. The molecule has 1 aromatic rings. The Bertz CT molecular complexity index is 231. The molecule has 0 amide bonds. The Morgan fingerprint density at radius 3 is 2.77 bits per heavy atom. The van der Waals surface area contributed by atoms with Crippen LogP contribution in [-0.2, 0) is 13.6 Å². The Balaban J connectivity index is 2.06. The fourth-order valence-electron chi connectivity index (χ4n) is 1.13. The van der Waals surface area contributed by atoms with Crippen LogP contribution in [0, 0.1) is 0 Å². The third-order valence-corrected chi connectivity index (χ3v) is 1.79. The highest BCUT2D eigenvalue weighted by atomic mass is 15.0. The van der Waals surface area contributed by atoms with Gasteiger partial charge in [0, 0.05) is 32.9 Å². The first-order chi connectivity index (χ1) is 6.33. The molecule has 0 saturated carbocycles. The van der Waals surface area contributed by atoms with E-state index >= 15 is 0 Å². The molecule has 1 aromatic heterocycles. The molecule has 0 fully saturated rings. The van der Waals surface area contributed by atoms with Crippen molar-refractivity contribution in [2.45, 2.75) is 13.5 Å². The Morgan fingerprint density at radius 2 is 2.15 bits per heavy atom. The molecular weight excluding hydrogens is 164 g/mol. The van der Waals surface area contributed by atoms with Gasteiger partial charge in [-0.25, -0.2) is 4.98 Å². The maximum absolute atomic E-state index is 4.21. The molecule has 0 aliphatic rings. The minimum atomic E-state index is 0.853. The quantitative estimate of drug-likeness (QED) is 0.614. The largest absolute Gasteiger partial charge is 0.340 e. The average molecular weight is 182 g/mol. The van der Waals surface area contributed by atoms with E-state index in [2.05, 4.69) is 22.5 Å². The van der Waals surface area contributed by atoms with E-state index in [1.54, 1.807) is 0 Å². The van der Waals surface area contributed by atoms with Gasteiger partial charge in [0.05, 0.1) is 12.0 Å². The molecule has 1 heterocycles.